The molecule has 5 nitrogen and oxygen atoms in total. The Morgan fingerprint density at radius 2 is 2.00 bits per heavy atom. The second kappa shape index (κ2) is 10.2. The van der Waals surface area contributed by atoms with E-state index in [2.05, 4.69) is 13.8 Å². The number of benzene rings is 1. The van der Waals surface area contributed by atoms with Crippen LogP contribution in [0.2, 0.25) is 0 Å². The maximum absolute atomic E-state index is 12.1. The molecule has 152 valence electrons. The smallest absolute Gasteiger partial charge is 0.308 e. The van der Waals surface area contributed by atoms with E-state index in [9.17, 15) is 9.90 Å². The highest BCUT2D eigenvalue weighted by Gasteiger charge is 2.46. The lowest BCUT2D eigenvalue weighted by atomic mass is 9.74. The quantitative estimate of drug-likeness (QED) is 0.661. The zero-order valence-corrected chi connectivity index (χ0v) is 17.0. The van der Waals surface area contributed by atoms with Gasteiger partial charge in [0.1, 0.15) is 0 Å². The van der Waals surface area contributed by atoms with E-state index in [4.69, 9.17) is 14.2 Å². The normalized spacial score (nSPS) is 25.7. The van der Waals surface area contributed by atoms with Crippen molar-refractivity contribution in [2.45, 2.75) is 84.4 Å². The lowest BCUT2D eigenvalue weighted by molar-refractivity contribution is -0.204. The highest BCUT2D eigenvalue weighted by Crippen LogP contribution is 2.41. The predicted molar refractivity (Wildman–Crippen MR) is 104 cm³/mol. The van der Waals surface area contributed by atoms with Gasteiger partial charge in [-0.25, -0.2) is 0 Å². The van der Waals surface area contributed by atoms with Gasteiger partial charge in [0.25, 0.3) is 0 Å². The number of rotatable bonds is 9. The second-order valence-electron chi connectivity index (χ2n) is 7.90. The summed E-state index contributed by atoms with van der Waals surface area (Å²) in [6.07, 6.45) is 1.22. The first-order chi connectivity index (χ1) is 12.9. The SMILES string of the molecule is CCOC(=O)C[C@@H]1O[C@H](C[C@H](O)CC)C[C@H](OCc2ccccc2)C1(C)C. The van der Waals surface area contributed by atoms with E-state index in [0.717, 1.165) is 5.56 Å². The average Bonchev–Trinajstić information content (AvgIpc) is 2.64. The van der Waals surface area contributed by atoms with Crippen molar-refractivity contribution >= 4 is 5.97 Å². The highest BCUT2D eigenvalue weighted by atomic mass is 16.5. The number of ether oxygens (including phenoxy) is 3. The lowest BCUT2D eigenvalue weighted by Gasteiger charge is -2.47. The van der Waals surface area contributed by atoms with Gasteiger partial charge in [-0.15, -0.1) is 0 Å². The third kappa shape index (κ3) is 6.30. The van der Waals surface area contributed by atoms with Crippen molar-refractivity contribution in [2.75, 3.05) is 6.61 Å². The van der Waals surface area contributed by atoms with Crippen molar-refractivity contribution in [1.82, 2.24) is 0 Å². The van der Waals surface area contributed by atoms with Crippen molar-refractivity contribution in [1.29, 1.82) is 0 Å². The molecule has 1 aromatic rings. The van der Waals surface area contributed by atoms with Crippen LogP contribution in [0, 0.1) is 5.41 Å². The van der Waals surface area contributed by atoms with E-state index in [1.165, 1.54) is 0 Å². The van der Waals surface area contributed by atoms with Gasteiger partial charge in [0.2, 0.25) is 0 Å². The molecule has 2 rings (SSSR count). The van der Waals surface area contributed by atoms with Gasteiger partial charge < -0.3 is 19.3 Å². The zero-order valence-electron chi connectivity index (χ0n) is 17.0. The number of hydrogen-bond donors (Lipinski definition) is 1. The van der Waals surface area contributed by atoms with Gasteiger partial charge in [-0.2, -0.15) is 0 Å². The predicted octanol–water partition coefficient (Wildman–Crippen LogP) is 3.87. The molecule has 0 radical (unpaired) electrons. The van der Waals surface area contributed by atoms with Gasteiger partial charge >= 0.3 is 5.97 Å². The Balaban J connectivity index is 2.11. The van der Waals surface area contributed by atoms with E-state index in [-0.39, 0.29) is 36.1 Å². The molecule has 0 spiro atoms. The minimum absolute atomic E-state index is 0.0695. The summed E-state index contributed by atoms with van der Waals surface area (Å²) in [5.41, 5.74) is 0.779. The van der Waals surface area contributed by atoms with Crippen LogP contribution in [0.4, 0.5) is 0 Å². The van der Waals surface area contributed by atoms with E-state index >= 15 is 0 Å². The maximum Gasteiger partial charge on any atom is 0.308 e. The van der Waals surface area contributed by atoms with Crippen molar-refractivity contribution in [3.05, 3.63) is 35.9 Å². The van der Waals surface area contributed by atoms with Crippen LogP contribution in [-0.4, -0.2) is 42.1 Å². The number of carbonyl (C=O) groups excluding carboxylic acids is 1. The molecule has 5 heteroatoms. The molecule has 0 aromatic heterocycles. The molecule has 1 aromatic carbocycles. The van der Waals surface area contributed by atoms with Crippen LogP contribution in [0.1, 0.15) is 58.9 Å². The summed E-state index contributed by atoms with van der Waals surface area (Å²) in [5, 5.41) is 10.1. The first kappa shape index (κ1) is 21.9. The van der Waals surface area contributed by atoms with Gasteiger partial charge in [-0.3, -0.25) is 4.79 Å². The number of esters is 1. The fourth-order valence-electron chi connectivity index (χ4n) is 3.57. The summed E-state index contributed by atoms with van der Waals surface area (Å²) >= 11 is 0. The molecule has 1 heterocycles. The average molecular weight is 379 g/mol. The molecule has 1 fully saturated rings. The summed E-state index contributed by atoms with van der Waals surface area (Å²) in [4.78, 5) is 12.1. The Hall–Kier alpha value is -1.43. The minimum Gasteiger partial charge on any atom is -0.466 e. The Bertz CT molecular complexity index is 571. The number of carbonyl (C=O) groups is 1. The number of aliphatic hydroxyl groups excluding tert-OH is 1. The zero-order chi connectivity index (χ0) is 19.9. The largest absolute Gasteiger partial charge is 0.466 e. The summed E-state index contributed by atoms with van der Waals surface area (Å²) < 4.78 is 17.7. The van der Waals surface area contributed by atoms with Crippen molar-refractivity contribution < 1.29 is 24.1 Å². The monoisotopic (exact) mass is 378 g/mol. The van der Waals surface area contributed by atoms with Gasteiger partial charge in [0.15, 0.2) is 0 Å². The Morgan fingerprint density at radius 1 is 1.30 bits per heavy atom. The number of hydrogen-bond acceptors (Lipinski definition) is 5. The fourth-order valence-corrected chi connectivity index (χ4v) is 3.57. The first-order valence-corrected chi connectivity index (χ1v) is 10.0. The lowest BCUT2D eigenvalue weighted by Crippen LogP contribution is -2.52. The fraction of sp³-hybridized carbons (Fsp3) is 0.682. The van der Waals surface area contributed by atoms with E-state index in [0.29, 0.717) is 32.5 Å². The molecule has 1 saturated heterocycles. The molecule has 0 amide bonds. The van der Waals surface area contributed by atoms with Crippen LogP contribution < -0.4 is 0 Å². The van der Waals surface area contributed by atoms with Crippen molar-refractivity contribution in [3.8, 4) is 0 Å². The molecular weight excluding hydrogens is 344 g/mol. The Morgan fingerprint density at radius 3 is 2.63 bits per heavy atom. The standard InChI is InChI=1S/C22H34O5/c1-5-17(23)12-18-13-19(26-15-16-10-8-7-9-11-16)22(3,4)20(27-18)14-21(24)25-6-2/h7-11,17-20,23H,5-6,12-15H2,1-4H3/t17-,18-,19+,20+/m1/s1. The summed E-state index contributed by atoms with van der Waals surface area (Å²) in [7, 11) is 0. The molecule has 1 aliphatic heterocycles. The third-order valence-corrected chi connectivity index (χ3v) is 5.45. The van der Waals surface area contributed by atoms with Gasteiger partial charge in [-0.1, -0.05) is 51.1 Å². The second-order valence-corrected chi connectivity index (χ2v) is 7.90. The minimum atomic E-state index is -0.408. The Kier molecular flexibility index (Phi) is 8.27. The highest BCUT2D eigenvalue weighted by molar-refractivity contribution is 5.70. The van der Waals surface area contributed by atoms with E-state index in [1.807, 2.05) is 37.3 Å². The first-order valence-electron chi connectivity index (χ1n) is 10.0. The molecule has 27 heavy (non-hydrogen) atoms. The molecule has 0 aliphatic carbocycles. The van der Waals surface area contributed by atoms with Crippen LogP contribution in [0.25, 0.3) is 0 Å². The summed E-state index contributed by atoms with van der Waals surface area (Å²) in [5.74, 6) is -0.255. The van der Waals surface area contributed by atoms with E-state index < -0.39 is 6.10 Å². The number of aliphatic hydroxyl groups is 1. The molecule has 0 saturated carbocycles. The summed E-state index contributed by atoms with van der Waals surface area (Å²) in [6, 6.07) is 10.1. The van der Waals surface area contributed by atoms with Crippen molar-refractivity contribution in [2.24, 2.45) is 5.41 Å². The van der Waals surface area contributed by atoms with Crippen LogP contribution in [0.5, 0.6) is 0 Å². The van der Waals surface area contributed by atoms with Crippen molar-refractivity contribution in [3.63, 3.8) is 0 Å². The molecule has 1 N–H and O–H groups in total. The third-order valence-electron chi connectivity index (χ3n) is 5.45. The van der Waals surface area contributed by atoms with Gasteiger partial charge in [-0.05, 0) is 25.3 Å². The Labute approximate surface area is 163 Å². The molecule has 0 unspecified atom stereocenters. The summed E-state index contributed by atoms with van der Waals surface area (Å²) in [6.45, 7) is 8.80. The molecular formula is C22H34O5. The molecule has 4 atom stereocenters. The van der Waals surface area contributed by atoms with Gasteiger partial charge in [0.05, 0.1) is 44.1 Å². The van der Waals surface area contributed by atoms with Crippen LogP contribution >= 0.6 is 0 Å². The van der Waals surface area contributed by atoms with E-state index in [1.54, 1.807) is 6.92 Å². The maximum atomic E-state index is 12.1. The molecule has 0 bridgehead atoms. The molecule has 1 aliphatic rings. The van der Waals surface area contributed by atoms with Crippen LogP contribution in [0.15, 0.2) is 30.3 Å². The van der Waals surface area contributed by atoms with Crippen LogP contribution in [0.3, 0.4) is 0 Å². The van der Waals surface area contributed by atoms with Gasteiger partial charge in [0, 0.05) is 11.8 Å². The topological polar surface area (TPSA) is 65.0 Å². The van der Waals surface area contributed by atoms with Crippen LogP contribution in [-0.2, 0) is 25.6 Å².